The minimum Gasteiger partial charge on any atom is -0.376 e. The van der Waals surface area contributed by atoms with Gasteiger partial charge in [-0.05, 0) is 12.8 Å². The molecular formula is C10H21N3O4S. The number of nitrogens with one attached hydrogen (secondary N) is 1. The summed E-state index contributed by atoms with van der Waals surface area (Å²) < 4.78 is 30.8. The van der Waals surface area contributed by atoms with Gasteiger partial charge in [-0.15, -0.1) is 0 Å². The number of carbonyl (C=O) groups is 1. The lowest BCUT2D eigenvalue weighted by Gasteiger charge is -2.21. The fraction of sp³-hybridized carbons (Fsp3) is 0.900. The Morgan fingerprint density at radius 2 is 2.06 bits per heavy atom. The minimum atomic E-state index is -3.53. The molecule has 0 bridgehead atoms. The molecule has 0 aliphatic carbocycles. The Labute approximate surface area is 108 Å². The van der Waals surface area contributed by atoms with Crippen LogP contribution in [0, 0.1) is 0 Å². The summed E-state index contributed by atoms with van der Waals surface area (Å²) in [6.07, 6.45) is 2.01. The average Bonchev–Trinajstić information content (AvgIpc) is 2.78. The third kappa shape index (κ3) is 4.20. The van der Waals surface area contributed by atoms with Gasteiger partial charge in [-0.3, -0.25) is 4.79 Å². The van der Waals surface area contributed by atoms with Crippen LogP contribution in [0.5, 0.6) is 0 Å². The number of nitrogens with zero attached hydrogens (tertiary/aromatic N) is 2. The molecule has 0 saturated carbocycles. The van der Waals surface area contributed by atoms with E-state index >= 15 is 0 Å². The van der Waals surface area contributed by atoms with Crippen molar-refractivity contribution >= 4 is 16.1 Å². The summed E-state index contributed by atoms with van der Waals surface area (Å²) in [6, 6.07) is 0. The zero-order chi connectivity index (χ0) is 13.8. The molecule has 8 heteroatoms. The van der Waals surface area contributed by atoms with Crippen LogP contribution in [0.25, 0.3) is 0 Å². The monoisotopic (exact) mass is 279 g/mol. The third-order valence-corrected chi connectivity index (χ3v) is 4.61. The molecule has 0 radical (unpaired) electrons. The maximum absolute atomic E-state index is 11.7. The lowest BCUT2D eigenvalue weighted by Crippen LogP contribution is -2.44. The van der Waals surface area contributed by atoms with Gasteiger partial charge < -0.3 is 10.1 Å². The van der Waals surface area contributed by atoms with Gasteiger partial charge in [0, 0.05) is 34.3 Å². The number of likely N-dealkylation sites (N-methyl/N-ethyl adjacent to an activating group) is 1. The Morgan fingerprint density at radius 1 is 1.39 bits per heavy atom. The first-order valence-corrected chi connectivity index (χ1v) is 7.26. The summed E-state index contributed by atoms with van der Waals surface area (Å²) in [6.45, 7) is 0.983. The van der Waals surface area contributed by atoms with Crippen LogP contribution in [-0.4, -0.2) is 69.9 Å². The molecule has 7 nitrogen and oxygen atoms in total. The first kappa shape index (κ1) is 15.4. The van der Waals surface area contributed by atoms with Crippen molar-refractivity contribution in [1.82, 2.24) is 13.9 Å². The molecular weight excluding hydrogens is 258 g/mol. The second kappa shape index (κ2) is 6.46. The first-order chi connectivity index (χ1) is 8.34. The van der Waals surface area contributed by atoms with E-state index < -0.39 is 10.2 Å². The van der Waals surface area contributed by atoms with Gasteiger partial charge in [0.25, 0.3) is 10.2 Å². The molecule has 0 unspecified atom stereocenters. The van der Waals surface area contributed by atoms with Crippen molar-refractivity contribution in [1.29, 1.82) is 0 Å². The second-order valence-corrected chi connectivity index (χ2v) is 6.73. The molecule has 1 saturated heterocycles. The largest absolute Gasteiger partial charge is 0.376 e. The van der Waals surface area contributed by atoms with Crippen LogP contribution in [0.1, 0.15) is 12.8 Å². The third-order valence-electron chi connectivity index (χ3n) is 2.77. The molecule has 1 N–H and O–H groups in total. The van der Waals surface area contributed by atoms with Crippen molar-refractivity contribution in [2.24, 2.45) is 0 Å². The number of ether oxygens (including phenoxy) is 1. The van der Waals surface area contributed by atoms with Crippen LogP contribution in [0.2, 0.25) is 0 Å². The van der Waals surface area contributed by atoms with Crippen LogP contribution in [0.3, 0.4) is 0 Å². The van der Waals surface area contributed by atoms with Gasteiger partial charge >= 0.3 is 0 Å². The second-order valence-electron chi connectivity index (χ2n) is 4.49. The van der Waals surface area contributed by atoms with Gasteiger partial charge in [-0.2, -0.15) is 17.0 Å². The predicted octanol–water partition coefficient (Wildman–Crippen LogP) is -0.980. The van der Waals surface area contributed by atoms with E-state index in [1.54, 1.807) is 0 Å². The quantitative estimate of drug-likeness (QED) is 0.678. The van der Waals surface area contributed by atoms with E-state index in [0.29, 0.717) is 6.54 Å². The highest BCUT2D eigenvalue weighted by Crippen LogP contribution is 2.10. The summed E-state index contributed by atoms with van der Waals surface area (Å²) in [7, 11) is 0.695. The number of rotatable bonds is 6. The zero-order valence-corrected chi connectivity index (χ0v) is 11.9. The van der Waals surface area contributed by atoms with Crippen LogP contribution in [0.4, 0.5) is 0 Å². The molecule has 18 heavy (non-hydrogen) atoms. The molecule has 0 aromatic heterocycles. The van der Waals surface area contributed by atoms with Gasteiger partial charge in [0.05, 0.1) is 12.6 Å². The number of hydrogen-bond acceptors (Lipinski definition) is 4. The Bertz CT molecular complexity index is 377. The number of hydrogen-bond donors (Lipinski definition) is 1. The Balaban J connectivity index is 2.35. The molecule has 1 fully saturated rings. The maximum Gasteiger partial charge on any atom is 0.281 e. The fourth-order valence-electron chi connectivity index (χ4n) is 1.65. The van der Waals surface area contributed by atoms with Gasteiger partial charge in [0.2, 0.25) is 5.91 Å². The summed E-state index contributed by atoms with van der Waals surface area (Å²) in [4.78, 5) is 11.6. The number of carbonyl (C=O) groups excluding carboxylic acids is 1. The van der Waals surface area contributed by atoms with Gasteiger partial charge in [0.1, 0.15) is 0 Å². The van der Waals surface area contributed by atoms with Crippen molar-refractivity contribution in [3.8, 4) is 0 Å². The molecule has 0 aromatic rings. The lowest BCUT2D eigenvalue weighted by molar-refractivity contribution is -0.121. The van der Waals surface area contributed by atoms with Gasteiger partial charge in [-0.25, -0.2) is 0 Å². The summed E-state index contributed by atoms with van der Waals surface area (Å²) >= 11 is 0. The standard InChI is InChI=1S/C10H21N3O4S/c1-12(2)18(15,16)13(3)8-10(14)11-7-9-5-4-6-17-9/h9H,4-8H2,1-3H3,(H,11,14)/t9-/m0/s1. The number of amides is 1. The van der Waals surface area contributed by atoms with Gasteiger partial charge in [-0.1, -0.05) is 0 Å². The van der Waals surface area contributed by atoms with E-state index in [1.807, 2.05) is 0 Å². The molecule has 106 valence electrons. The van der Waals surface area contributed by atoms with E-state index in [0.717, 1.165) is 28.1 Å². The normalized spacial score (nSPS) is 20.6. The molecule has 1 heterocycles. The fourth-order valence-corrected chi connectivity index (χ4v) is 2.49. The van der Waals surface area contributed by atoms with E-state index in [2.05, 4.69) is 5.32 Å². The van der Waals surface area contributed by atoms with E-state index in [4.69, 9.17) is 4.74 Å². The first-order valence-electron chi connectivity index (χ1n) is 5.86. The molecule has 1 aliphatic heterocycles. The van der Waals surface area contributed by atoms with E-state index in [1.165, 1.54) is 21.1 Å². The van der Waals surface area contributed by atoms with Crippen molar-refractivity contribution in [2.45, 2.75) is 18.9 Å². The van der Waals surface area contributed by atoms with E-state index in [-0.39, 0.29) is 18.6 Å². The lowest BCUT2D eigenvalue weighted by atomic mass is 10.2. The summed E-state index contributed by atoms with van der Waals surface area (Å²) in [5.41, 5.74) is 0. The van der Waals surface area contributed by atoms with Crippen molar-refractivity contribution in [3.05, 3.63) is 0 Å². The average molecular weight is 279 g/mol. The molecule has 1 atom stereocenters. The zero-order valence-electron chi connectivity index (χ0n) is 11.0. The van der Waals surface area contributed by atoms with Crippen molar-refractivity contribution in [2.75, 3.05) is 40.8 Å². The Hall–Kier alpha value is -0.700. The van der Waals surface area contributed by atoms with Gasteiger partial charge in [0.15, 0.2) is 0 Å². The molecule has 0 aromatic carbocycles. The SMILES string of the molecule is CN(C)S(=O)(=O)N(C)CC(=O)NC[C@@H]1CCCO1. The van der Waals surface area contributed by atoms with Crippen LogP contribution in [0.15, 0.2) is 0 Å². The molecule has 1 rings (SSSR count). The Morgan fingerprint density at radius 3 is 2.56 bits per heavy atom. The predicted molar refractivity (Wildman–Crippen MR) is 67.2 cm³/mol. The van der Waals surface area contributed by atoms with Crippen LogP contribution in [-0.2, 0) is 19.7 Å². The van der Waals surface area contributed by atoms with Crippen molar-refractivity contribution < 1.29 is 17.9 Å². The minimum absolute atomic E-state index is 0.0599. The topological polar surface area (TPSA) is 79.0 Å². The van der Waals surface area contributed by atoms with E-state index in [9.17, 15) is 13.2 Å². The summed E-state index contributed by atoms with van der Waals surface area (Å²) in [5, 5.41) is 2.68. The summed E-state index contributed by atoms with van der Waals surface area (Å²) in [5.74, 6) is -0.321. The van der Waals surface area contributed by atoms with Crippen molar-refractivity contribution in [3.63, 3.8) is 0 Å². The van der Waals surface area contributed by atoms with Crippen LogP contribution >= 0.6 is 0 Å². The maximum atomic E-state index is 11.7. The molecule has 0 spiro atoms. The smallest absolute Gasteiger partial charge is 0.281 e. The highest BCUT2D eigenvalue weighted by atomic mass is 32.2. The molecule has 1 aliphatic rings. The molecule has 1 amide bonds. The highest BCUT2D eigenvalue weighted by molar-refractivity contribution is 7.86. The van der Waals surface area contributed by atoms with Crippen LogP contribution < -0.4 is 5.32 Å². The Kier molecular flexibility index (Phi) is 5.51. The highest BCUT2D eigenvalue weighted by Gasteiger charge is 2.23.